The SMILES string of the molecule is CCCC(C)=C(O)OP(=O)(O)OP(=O)(O)O. The second kappa shape index (κ2) is 5.82. The highest BCUT2D eigenvalue weighted by Crippen LogP contribution is 2.58. The van der Waals surface area contributed by atoms with Crippen LogP contribution in [0.1, 0.15) is 26.7 Å². The maximum atomic E-state index is 11.0. The molecule has 0 spiro atoms. The molecule has 0 aromatic rings. The van der Waals surface area contributed by atoms with E-state index in [-0.39, 0.29) is 5.57 Å². The summed E-state index contributed by atoms with van der Waals surface area (Å²) in [5.41, 5.74) is 0.270. The van der Waals surface area contributed by atoms with Gasteiger partial charge in [0.2, 0.25) is 0 Å². The van der Waals surface area contributed by atoms with Crippen molar-refractivity contribution in [2.45, 2.75) is 26.7 Å². The molecule has 0 amide bonds. The van der Waals surface area contributed by atoms with Crippen LogP contribution in [0.25, 0.3) is 0 Å². The van der Waals surface area contributed by atoms with E-state index < -0.39 is 21.6 Å². The van der Waals surface area contributed by atoms with Gasteiger partial charge in [-0.25, -0.2) is 9.13 Å². The average molecular weight is 276 g/mol. The molecule has 0 fully saturated rings. The Morgan fingerprint density at radius 3 is 2.12 bits per heavy atom. The third-order valence-electron chi connectivity index (χ3n) is 1.40. The van der Waals surface area contributed by atoms with Gasteiger partial charge < -0.3 is 19.4 Å². The van der Waals surface area contributed by atoms with Gasteiger partial charge >= 0.3 is 15.6 Å². The van der Waals surface area contributed by atoms with Crippen LogP contribution in [-0.2, 0) is 18.0 Å². The third kappa shape index (κ3) is 7.00. The Balaban J connectivity index is 4.66. The standard InChI is InChI=1S/C6H14O8P2/c1-3-4-5(2)6(7)13-16(11,12)14-15(8,9)10/h7H,3-4H2,1-2H3,(H,11,12)(H2,8,9,10). The van der Waals surface area contributed by atoms with Gasteiger partial charge in [-0.2, -0.15) is 4.31 Å². The summed E-state index contributed by atoms with van der Waals surface area (Å²) >= 11 is 0. The van der Waals surface area contributed by atoms with Gasteiger partial charge in [-0.05, 0) is 13.3 Å². The zero-order chi connectivity index (χ0) is 13.0. The minimum Gasteiger partial charge on any atom is -0.481 e. The number of aliphatic hydroxyl groups is 1. The summed E-state index contributed by atoms with van der Waals surface area (Å²) in [6.45, 7) is 3.25. The van der Waals surface area contributed by atoms with Crippen molar-refractivity contribution in [2.75, 3.05) is 0 Å². The number of phosphoric ester groups is 1. The highest BCUT2D eigenvalue weighted by molar-refractivity contribution is 7.60. The van der Waals surface area contributed by atoms with Crippen LogP contribution >= 0.6 is 15.6 Å². The quantitative estimate of drug-likeness (QED) is 0.426. The third-order valence-corrected chi connectivity index (χ3v) is 3.48. The van der Waals surface area contributed by atoms with Crippen molar-refractivity contribution in [1.82, 2.24) is 0 Å². The van der Waals surface area contributed by atoms with Crippen LogP contribution in [0.3, 0.4) is 0 Å². The molecule has 0 heterocycles. The molecule has 0 aliphatic carbocycles. The van der Waals surface area contributed by atoms with E-state index in [1.807, 2.05) is 6.92 Å². The fourth-order valence-electron chi connectivity index (χ4n) is 0.820. The van der Waals surface area contributed by atoms with Crippen LogP contribution in [0.15, 0.2) is 11.5 Å². The largest absolute Gasteiger partial charge is 0.538 e. The fourth-order valence-corrected chi connectivity index (χ4v) is 2.40. The van der Waals surface area contributed by atoms with Crippen molar-refractivity contribution in [2.24, 2.45) is 0 Å². The molecule has 0 rings (SSSR count). The van der Waals surface area contributed by atoms with Gasteiger partial charge in [0, 0.05) is 5.57 Å². The molecule has 0 aliphatic heterocycles. The zero-order valence-electron chi connectivity index (χ0n) is 8.73. The second-order valence-corrected chi connectivity index (χ2v) is 5.72. The number of allylic oxidation sites excluding steroid dienone is 1. The van der Waals surface area contributed by atoms with Gasteiger partial charge in [0.15, 0.2) is 0 Å². The van der Waals surface area contributed by atoms with Crippen molar-refractivity contribution in [3.8, 4) is 0 Å². The molecule has 0 bridgehead atoms. The number of hydrogen-bond acceptors (Lipinski definition) is 5. The van der Waals surface area contributed by atoms with Crippen LogP contribution in [0, 0.1) is 0 Å². The highest BCUT2D eigenvalue weighted by Gasteiger charge is 2.34. The van der Waals surface area contributed by atoms with Crippen molar-refractivity contribution in [1.29, 1.82) is 0 Å². The lowest BCUT2D eigenvalue weighted by Crippen LogP contribution is -1.96. The van der Waals surface area contributed by atoms with E-state index >= 15 is 0 Å². The predicted molar refractivity (Wildman–Crippen MR) is 54.3 cm³/mol. The van der Waals surface area contributed by atoms with E-state index in [1.165, 1.54) is 6.92 Å². The maximum absolute atomic E-state index is 11.0. The van der Waals surface area contributed by atoms with Crippen LogP contribution in [0.2, 0.25) is 0 Å². The molecule has 1 unspecified atom stereocenters. The minimum absolute atomic E-state index is 0.270. The van der Waals surface area contributed by atoms with E-state index in [0.717, 1.165) is 0 Å². The van der Waals surface area contributed by atoms with E-state index in [1.54, 1.807) is 0 Å². The zero-order valence-corrected chi connectivity index (χ0v) is 10.5. The maximum Gasteiger partial charge on any atom is 0.538 e. The molecular weight excluding hydrogens is 262 g/mol. The lowest BCUT2D eigenvalue weighted by molar-refractivity contribution is 0.142. The monoisotopic (exact) mass is 276 g/mol. The van der Waals surface area contributed by atoms with E-state index in [4.69, 9.17) is 14.7 Å². The number of aliphatic hydroxyl groups excluding tert-OH is 1. The van der Waals surface area contributed by atoms with Crippen molar-refractivity contribution >= 4 is 15.6 Å². The smallest absolute Gasteiger partial charge is 0.481 e. The lowest BCUT2D eigenvalue weighted by Gasteiger charge is -2.13. The summed E-state index contributed by atoms with van der Waals surface area (Å²) < 4.78 is 28.8. The molecule has 0 aliphatic rings. The molecule has 10 heteroatoms. The molecule has 0 aromatic heterocycles. The van der Waals surface area contributed by atoms with Crippen molar-refractivity contribution in [3.63, 3.8) is 0 Å². The summed E-state index contributed by atoms with van der Waals surface area (Å²) in [4.78, 5) is 25.4. The Morgan fingerprint density at radius 2 is 1.75 bits per heavy atom. The second-order valence-electron chi connectivity index (χ2n) is 2.97. The van der Waals surface area contributed by atoms with Gasteiger partial charge in [-0.3, -0.25) is 4.89 Å². The summed E-state index contributed by atoms with van der Waals surface area (Å²) in [6, 6.07) is 0. The summed E-state index contributed by atoms with van der Waals surface area (Å²) in [5, 5.41) is 9.17. The first kappa shape index (κ1) is 15.6. The van der Waals surface area contributed by atoms with E-state index in [2.05, 4.69) is 8.83 Å². The lowest BCUT2D eigenvalue weighted by atomic mass is 10.2. The molecule has 0 saturated carbocycles. The van der Waals surface area contributed by atoms with Gasteiger partial charge in [-0.15, -0.1) is 0 Å². The Hall–Kier alpha value is -0.360. The topological polar surface area (TPSA) is 134 Å². The normalized spacial score (nSPS) is 17.6. The molecule has 1 atom stereocenters. The highest BCUT2D eigenvalue weighted by atomic mass is 31.3. The Labute approximate surface area is 92.4 Å². The molecule has 0 radical (unpaired) electrons. The number of hydrogen-bond donors (Lipinski definition) is 4. The molecule has 16 heavy (non-hydrogen) atoms. The van der Waals surface area contributed by atoms with Crippen molar-refractivity contribution in [3.05, 3.63) is 11.5 Å². The average Bonchev–Trinajstić information content (AvgIpc) is 1.98. The first-order valence-corrected chi connectivity index (χ1v) is 7.28. The Bertz CT molecular complexity index is 356. The summed E-state index contributed by atoms with van der Waals surface area (Å²) in [5.74, 6) is -0.874. The number of rotatable bonds is 6. The van der Waals surface area contributed by atoms with Gasteiger partial charge in [-0.1, -0.05) is 13.3 Å². The van der Waals surface area contributed by atoms with Crippen LogP contribution in [0.4, 0.5) is 0 Å². The first-order chi connectivity index (χ1) is 7.07. The van der Waals surface area contributed by atoms with Crippen LogP contribution in [-0.4, -0.2) is 19.8 Å². The first-order valence-electron chi connectivity index (χ1n) is 4.25. The summed E-state index contributed by atoms with van der Waals surface area (Å²) in [6.07, 6.45) is 1.07. The summed E-state index contributed by atoms with van der Waals surface area (Å²) in [7, 11) is -10.2. The Kier molecular flexibility index (Phi) is 5.69. The minimum atomic E-state index is -5.16. The van der Waals surface area contributed by atoms with E-state index in [9.17, 15) is 14.2 Å². The molecule has 0 aromatic carbocycles. The molecule has 96 valence electrons. The molecule has 8 nitrogen and oxygen atoms in total. The van der Waals surface area contributed by atoms with E-state index in [0.29, 0.717) is 12.8 Å². The number of phosphoric acid groups is 2. The van der Waals surface area contributed by atoms with Crippen LogP contribution < -0.4 is 0 Å². The molecule has 4 N–H and O–H groups in total. The van der Waals surface area contributed by atoms with Crippen molar-refractivity contribution < 1.29 is 37.8 Å². The van der Waals surface area contributed by atoms with Gasteiger partial charge in [0.05, 0.1) is 0 Å². The fraction of sp³-hybridized carbons (Fsp3) is 0.667. The van der Waals surface area contributed by atoms with Gasteiger partial charge in [0.1, 0.15) is 0 Å². The van der Waals surface area contributed by atoms with Crippen LogP contribution in [0.5, 0.6) is 0 Å². The van der Waals surface area contributed by atoms with Gasteiger partial charge in [0.25, 0.3) is 5.95 Å². The Morgan fingerprint density at radius 1 is 1.25 bits per heavy atom. The predicted octanol–water partition coefficient (Wildman–Crippen LogP) is 1.80. The molecule has 0 saturated heterocycles. The molecular formula is C6H14O8P2.